The average molecular weight is 299 g/mol. The van der Waals surface area contributed by atoms with Crippen molar-refractivity contribution >= 4 is 43.4 Å². The number of aryl methyl sites for hydroxylation is 1. The third-order valence-electron chi connectivity index (χ3n) is 2.22. The Labute approximate surface area is 106 Å². The molecule has 0 unspecified atom stereocenters. The number of rotatable bonds is 1. The molecule has 0 aliphatic rings. The molecule has 0 bridgehead atoms. The van der Waals surface area contributed by atoms with E-state index in [0.717, 1.165) is 26.0 Å². The van der Waals surface area contributed by atoms with Crippen LogP contribution in [-0.4, -0.2) is 10.5 Å². The number of nitrogens with zero attached hydrogens (tertiary/aromatic N) is 2. The Morgan fingerprint density at radius 3 is 2.94 bits per heavy atom. The molecule has 0 aliphatic heterocycles. The normalized spacial score (nSPS) is 12.3. The van der Waals surface area contributed by atoms with Gasteiger partial charge in [0.1, 0.15) is 0 Å². The van der Waals surface area contributed by atoms with Crippen LogP contribution in [0.5, 0.6) is 0 Å². The van der Waals surface area contributed by atoms with Crippen LogP contribution in [0.3, 0.4) is 0 Å². The van der Waals surface area contributed by atoms with Crippen LogP contribution in [0.25, 0.3) is 10.2 Å². The highest BCUT2D eigenvalue weighted by molar-refractivity contribution is 9.10. The summed E-state index contributed by atoms with van der Waals surface area (Å²) >= 11 is 5.06. The van der Waals surface area contributed by atoms with E-state index in [1.54, 1.807) is 0 Å². The van der Waals surface area contributed by atoms with E-state index < -0.39 is 0 Å². The fourth-order valence-electron chi connectivity index (χ4n) is 1.60. The van der Waals surface area contributed by atoms with Gasteiger partial charge in [-0.25, -0.2) is 0 Å². The van der Waals surface area contributed by atoms with E-state index in [4.69, 9.17) is 0 Å². The van der Waals surface area contributed by atoms with Crippen molar-refractivity contribution in [3.05, 3.63) is 27.5 Å². The molecule has 16 heavy (non-hydrogen) atoms. The van der Waals surface area contributed by atoms with E-state index in [1.807, 2.05) is 29.7 Å². The molecule has 0 saturated heterocycles. The molecular weight excluding hydrogens is 288 g/mol. The van der Waals surface area contributed by atoms with Crippen LogP contribution in [0.4, 0.5) is 0 Å². The van der Waals surface area contributed by atoms with Gasteiger partial charge in [0.2, 0.25) is 5.91 Å². The molecule has 1 heterocycles. The zero-order valence-corrected chi connectivity index (χ0v) is 11.4. The SMILES string of the molecule is CCn1c(=NC(C)=O)sc2cccc(Br)c21. The van der Waals surface area contributed by atoms with Gasteiger partial charge in [-0.1, -0.05) is 17.4 Å². The van der Waals surface area contributed by atoms with Gasteiger partial charge in [0.25, 0.3) is 0 Å². The molecule has 1 aromatic carbocycles. The van der Waals surface area contributed by atoms with Crippen LogP contribution >= 0.6 is 27.3 Å². The van der Waals surface area contributed by atoms with E-state index in [1.165, 1.54) is 18.3 Å². The number of halogens is 1. The number of para-hydroxylation sites is 1. The Hall–Kier alpha value is -0.940. The third-order valence-corrected chi connectivity index (χ3v) is 3.90. The Kier molecular flexibility index (Phi) is 3.25. The van der Waals surface area contributed by atoms with Crippen molar-refractivity contribution in [2.24, 2.45) is 4.99 Å². The van der Waals surface area contributed by atoms with E-state index >= 15 is 0 Å². The maximum absolute atomic E-state index is 11.1. The summed E-state index contributed by atoms with van der Waals surface area (Å²) in [6, 6.07) is 6.02. The van der Waals surface area contributed by atoms with Crippen LogP contribution in [0.15, 0.2) is 27.7 Å². The maximum atomic E-state index is 11.1. The number of benzene rings is 1. The Balaban J connectivity index is 2.88. The average Bonchev–Trinajstić information content (AvgIpc) is 2.55. The highest BCUT2D eigenvalue weighted by Crippen LogP contribution is 2.25. The summed E-state index contributed by atoms with van der Waals surface area (Å²) in [6.07, 6.45) is 0. The molecule has 1 aromatic heterocycles. The first-order chi connectivity index (χ1) is 7.63. The monoisotopic (exact) mass is 298 g/mol. The molecule has 0 spiro atoms. The third kappa shape index (κ3) is 1.97. The summed E-state index contributed by atoms with van der Waals surface area (Å²) in [5, 5.41) is 0. The molecule has 2 rings (SSSR count). The predicted molar refractivity (Wildman–Crippen MR) is 69.4 cm³/mol. The van der Waals surface area contributed by atoms with Gasteiger partial charge in [-0.2, -0.15) is 4.99 Å². The highest BCUT2D eigenvalue weighted by Gasteiger charge is 2.07. The summed E-state index contributed by atoms with van der Waals surface area (Å²) in [5.74, 6) is -0.162. The minimum absolute atomic E-state index is 0.162. The zero-order chi connectivity index (χ0) is 11.7. The highest BCUT2D eigenvalue weighted by atomic mass is 79.9. The fourth-order valence-corrected chi connectivity index (χ4v) is 3.48. The zero-order valence-electron chi connectivity index (χ0n) is 9.03. The van der Waals surface area contributed by atoms with Crippen LogP contribution < -0.4 is 4.80 Å². The van der Waals surface area contributed by atoms with Crippen molar-refractivity contribution in [1.29, 1.82) is 0 Å². The second kappa shape index (κ2) is 4.51. The molecule has 0 N–H and O–H groups in total. The fraction of sp³-hybridized carbons (Fsp3) is 0.273. The number of carbonyl (C=O) groups excluding carboxylic acids is 1. The van der Waals surface area contributed by atoms with Gasteiger partial charge < -0.3 is 4.57 Å². The smallest absolute Gasteiger partial charge is 0.245 e. The largest absolute Gasteiger partial charge is 0.316 e. The molecule has 0 fully saturated rings. The number of hydrogen-bond donors (Lipinski definition) is 0. The molecule has 84 valence electrons. The standard InChI is InChI=1S/C11H11BrN2OS/c1-3-14-10-8(12)5-4-6-9(10)16-11(14)13-7(2)15/h4-6H,3H2,1-2H3. The number of amides is 1. The number of thiazole rings is 1. The number of aromatic nitrogens is 1. The minimum Gasteiger partial charge on any atom is -0.316 e. The summed E-state index contributed by atoms with van der Waals surface area (Å²) in [5.41, 5.74) is 1.11. The van der Waals surface area contributed by atoms with E-state index in [2.05, 4.69) is 20.9 Å². The molecule has 0 radical (unpaired) electrons. The van der Waals surface area contributed by atoms with E-state index in [9.17, 15) is 4.79 Å². The van der Waals surface area contributed by atoms with Crippen molar-refractivity contribution in [2.75, 3.05) is 0 Å². The van der Waals surface area contributed by atoms with E-state index in [-0.39, 0.29) is 5.91 Å². The Bertz CT molecular complexity index is 612. The lowest BCUT2D eigenvalue weighted by Crippen LogP contribution is -2.15. The van der Waals surface area contributed by atoms with E-state index in [0.29, 0.717) is 0 Å². The second-order valence-electron chi connectivity index (χ2n) is 3.35. The lowest BCUT2D eigenvalue weighted by molar-refractivity contribution is -0.116. The van der Waals surface area contributed by atoms with Gasteiger partial charge in [-0.3, -0.25) is 4.79 Å². The van der Waals surface area contributed by atoms with Gasteiger partial charge in [0, 0.05) is 17.9 Å². The number of hydrogen-bond acceptors (Lipinski definition) is 2. The molecule has 2 aromatic rings. The molecule has 3 nitrogen and oxygen atoms in total. The first-order valence-corrected chi connectivity index (χ1v) is 6.57. The maximum Gasteiger partial charge on any atom is 0.245 e. The van der Waals surface area contributed by atoms with Crippen molar-refractivity contribution in [1.82, 2.24) is 4.57 Å². The van der Waals surface area contributed by atoms with Crippen molar-refractivity contribution < 1.29 is 4.79 Å². The summed E-state index contributed by atoms with van der Waals surface area (Å²) in [7, 11) is 0. The van der Waals surface area contributed by atoms with Gasteiger partial charge >= 0.3 is 0 Å². The second-order valence-corrected chi connectivity index (χ2v) is 5.21. The van der Waals surface area contributed by atoms with Crippen LogP contribution in [0.1, 0.15) is 13.8 Å². The van der Waals surface area contributed by atoms with Crippen molar-refractivity contribution in [3.63, 3.8) is 0 Å². The lowest BCUT2D eigenvalue weighted by Gasteiger charge is -2.01. The van der Waals surface area contributed by atoms with Crippen LogP contribution in [0.2, 0.25) is 0 Å². The molecule has 0 saturated carbocycles. The topological polar surface area (TPSA) is 34.4 Å². The first kappa shape index (κ1) is 11.5. The quantitative estimate of drug-likeness (QED) is 0.797. The van der Waals surface area contributed by atoms with Crippen molar-refractivity contribution in [3.8, 4) is 0 Å². The van der Waals surface area contributed by atoms with Crippen LogP contribution in [0, 0.1) is 0 Å². The van der Waals surface area contributed by atoms with Gasteiger partial charge in [0.15, 0.2) is 4.80 Å². The minimum atomic E-state index is -0.162. The van der Waals surface area contributed by atoms with Crippen molar-refractivity contribution in [2.45, 2.75) is 20.4 Å². The molecular formula is C11H11BrN2OS. The van der Waals surface area contributed by atoms with Gasteiger partial charge in [-0.05, 0) is 35.0 Å². The number of fused-ring (bicyclic) bond motifs is 1. The number of carbonyl (C=O) groups is 1. The van der Waals surface area contributed by atoms with Gasteiger partial charge in [0.05, 0.1) is 10.2 Å². The lowest BCUT2D eigenvalue weighted by atomic mass is 10.3. The summed E-state index contributed by atoms with van der Waals surface area (Å²) < 4.78 is 4.22. The molecule has 5 heteroatoms. The van der Waals surface area contributed by atoms with Gasteiger partial charge in [-0.15, -0.1) is 0 Å². The molecule has 0 aliphatic carbocycles. The molecule has 1 amide bonds. The van der Waals surface area contributed by atoms with Crippen LogP contribution in [-0.2, 0) is 11.3 Å². The Morgan fingerprint density at radius 1 is 1.56 bits per heavy atom. The Morgan fingerprint density at radius 2 is 2.31 bits per heavy atom. The summed E-state index contributed by atoms with van der Waals surface area (Å²) in [6.45, 7) is 4.32. The summed E-state index contributed by atoms with van der Waals surface area (Å²) in [4.78, 5) is 15.8. The first-order valence-electron chi connectivity index (χ1n) is 4.96. The predicted octanol–water partition coefficient (Wildman–Crippen LogP) is 2.93. The molecule has 0 atom stereocenters.